The smallest absolute Gasteiger partial charge is 0.229 e. The third-order valence-corrected chi connectivity index (χ3v) is 3.01. The van der Waals surface area contributed by atoms with E-state index in [1.807, 2.05) is 24.3 Å². The van der Waals surface area contributed by atoms with E-state index in [9.17, 15) is 14.4 Å². The highest BCUT2D eigenvalue weighted by Crippen LogP contribution is 2.25. The summed E-state index contributed by atoms with van der Waals surface area (Å²) < 4.78 is 0. The van der Waals surface area contributed by atoms with Gasteiger partial charge in [-0.2, -0.15) is 0 Å². The summed E-state index contributed by atoms with van der Waals surface area (Å²) in [7, 11) is 0. The molecule has 0 spiro atoms. The topological polar surface area (TPSA) is 51.2 Å². The Morgan fingerprint density at radius 2 is 1.35 bits per heavy atom. The Labute approximate surface area is 97.1 Å². The van der Waals surface area contributed by atoms with E-state index in [1.54, 1.807) is 12.1 Å². The molecule has 1 aliphatic rings. The van der Waals surface area contributed by atoms with Crippen LogP contribution in [0.25, 0.3) is 10.8 Å². The van der Waals surface area contributed by atoms with Gasteiger partial charge in [-0.1, -0.05) is 24.3 Å². The van der Waals surface area contributed by atoms with Gasteiger partial charge in [0.15, 0.2) is 5.78 Å². The van der Waals surface area contributed by atoms with E-state index in [-0.39, 0.29) is 17.8 Å². The number of carbonyl (C=O) groups excluding carboxylic acids is 3. The van der Waals surface area contributed by atoms with Gasteiger partial charge in [0.1, 0.15) is 0 Å². The number of fused-ring (bicyclic) bond motifs is 2. The maximum atomic E-state index is 11.7. The van der Waals surface area contributed by atoms with Crippen molar-refractivity contribution in [3.05, 3.63) is 47.5 Å². The molecule has 17 heavy (non-hydrogen) atoms. The third kappa shape index (κ3) is 1.40. The predicted molar refractivity (Wildman–Crippen MR) is 62.2 cm³/mol. The first-order valence-corrected chi connectivity index (χ1v) is 5.30. The van der Waals surface area contributed by atoms with Crippen LogP contribution in [0.15, 0.2) is 36.4 Å². The zero-order valence-corrected chi connectivity index (χ0v) is 8.90. The molecule has 0 heterocycles. The number of carbonyl (C=O) groups is 3. The van der Waals surface area contributed by atoms with Gasteiger partial charge in [-0.05, 0) is 22.9 Å². The van der Waals surface area contributed by atoms with Crippen molar-refractivity contribution in [2.45, 2.75) is 6.42 Å². The van der Waals surface area contributed by atoms with Crippen molar-refractivity contribution in [3.8, 4) is 0 Å². The zero-order valence-electron chi connectivity index (χ0n) is 8.90. The van der Waals surface area contributed by atoms with Crippen molar-refractivity contribution in [1.82, 2.24) is 0 Å². The number of hydrogen-bond donors (Lipinski definition) is 0. The molecule has 0 atom stereocenters. The fraction of sp³-hybridized carbons (Fsp3) is 0.0714. The minimum absolute atomic E-state index is 0.241. The Morgan fingerprint density at radius 3 is 2.00 bits per heavy atom. The first-order valence-electron chi connectivity index (χ1n) is 5.30. The minimum Gasteiger partial charge on any atom is -0.294 e. The highest BCUT2D eigenvalue weighted by Gasteiger charge is 2.30. The average molecular weight is 224 g/mol. The molecule has 0 radical (unpaired) electrons. The Balaban J connectivity index is 2.37. The van der Waals surface area contributed by atoms with Gasteiger partial charge in [0.25, 0.3) is 0 Å². The van der Waals surface area contributed by atoms with Gasteiger partial charge in [0.2, 0.25) is 11.6 Å². The molecule has 2 aromatic carbocycles. The summed E-state index contributed by atoms with van der Waals surface area (Å²) >= 11 is 0. The summed E-state index contributed by atoms with van der Waals surface area (Å²) in [5, 5.41) is 1.77. The Hall–Kier alpha value is -2.29. The second-order valence-corrected chi connectivity index (χ2v) is 4.10. The number of hydrogen-bond acceptors (Lipinski definition) is 3. The zero-order chi connectivity index (χ0) is 12.0. The normalized spacial score (nSPS) is 15.2. The first-order chi connectivity index (χ1) is 8.16. The lowest BCUT2D eigenvalue weighted by molar-refractivity contribution is -0.114. The summed E-state index contributed by atoms with van der Waals surface area (Å²) in [5.74, 6) is -1.43. The van der Waals surface area contributed by atoms with Crippen molar-refractivity contribution in [2.24, 2.45) is 0 Å². The average Bonchev–Trinajstić information content (AvgIpc) is 2.34. The fourth-order valence-electron chi connectivity index (χ4n) is 2.13. The van der Waals surface area contributed by atoms with E-state index in [1.165, 1.54) is 0 Å². The molecule has 0 aliphatic heterocycles. The molecule has 0 unspecified atom stereocenters. The second kappa shape index (κ2) is 3.35. The van der Waals surface area contributed by atoms with Gasteiger partial charge >= 0.3 is 0 Å². The molecule has 0 fully saturated rings. The van der Waals surface area contributed by atoms with E-state index >= 15 is 0 Å². The SMILES string of the molecule is O=C1CC(=O)c2cc3ccccc3cc2C1=O. The summed E-state index contributed by atoms with van der Waals surface area (Å²) in [6.45, 7) is 0. The molecule has 1 aliphatic carbocycles. The summed E-state index contributed by atoms with van der Waals surface area (Å²) in [5.41, 5.74) is 0.609. The molecule has 3 nitrogen and oxygen atoms in total. The molecule has 0 saturated heterocycles. The van der Waals surface area contributed by atoms with E-state index in [4.69, 9.17) is 0 Å². The summed E-state index contributed by atoms with van der Waals surface area (Å²) in [4.78, 5) is 34.7. The van der Waals surface area contributed by atoms with E-state index in [0.29, 0.717) is 5.56 Å². The van der Waals surface area contributed by atoms with Crippen molar-refractivity contribution < 1.29 is 14.4 Å². The summed E-state index contributed by atoms with van der Waals surface area (Å²) in [6, 6.07) is 10.8. The second-order valence-electron chi connectivity index (χ2n) is 4.10. The standard InChI is InChI=1S/C14H8O3/c15-12-7-13(16)14(17)11-6-9-4-2-1-3-8(9)5-10(11)12/h1-6H,7H2. The van der Waals surface area contributed by atoms with Crippen molar-refractivity contribution in [3.63, 3.8) is 0 Å². The molecular formula is C14H8O3. The maximum absolute atomic E-state index is 11.7. The largest absolute Gasteiger partial charge is 0.294 e. The lowest BCUT2D eigenvalue weighted by Crippen LogP contribution is -2.26. The number of rotatable bonds is 0. The van der Waals surface area contributed by atoms with E-state index in [0.717, 1.165) is 10.8 Å². The van der Waals surface area contributed by atoms with Crippen LogP contribution in [-0.4, -0.2) is 17.3 Å². The van der Waals surface area contributed by atoms with Gasteiger partial charge in [0, 0.05) is 11.1 Å². The molecular weight excluding hydrogens is 216 g/mol. The molecule has 0 bridgehead atoms. The lowest BCUT2D eigenvalue weighted by atomic mass is 9.87. The molecule has 82 valence electrons. The molecule has 2 aromatic rings. The van der Waals surface area contributed by atoms with Crippen LogP contribution in [0.1, 0.15) is 27.1 Å². The third-order valence-electron chi connectivity index (χ3n) is 3.01. The Bertz CT molecular complexity index is 683. The van der Waals surface area contributed by atoms with E-state index in [2.05, 4.69) is 0 Å². The summed E-state index contributed by atoms with van der Waals surface area (Å²) in [6.07, 6.45) is -0.301. The van der Waals surface area contributed by atoms with Crippen LogP contribution >= 0.6 is 0 Å². The molecule has 3 heteroatoms. The number of ketones is 3. The van der Waals surface area contributed by atoms with Gasteiger partial charge < -0.3 is 0 Å². The van der Waals surface area contributed by atoms with Crippen molar-refractivity contribution >= 4 is 28.1 Å². The molecule has 0 amide bonds. The van der Waals surface area contributed by atoms with E-state index < -0.39 is 11.6 Å². The molecule has 0 saturated carbocycles. The van der Waals surface area contributed by atoms with Crippen LogP contribution in [0.3, 0.4) is 0 Å². The minimum atomic E-state index is -0.613. The van der Waals surface area contributed by atoms with Crippen LogP contribution in [0, 0.1) is 0 Å². The molecule has 3 rings (SSSR count). The van der Waals surface area contributed by atoms with Crippen LogP contribution in [-0.2, 0) is 4.79 Å². The van der Waals surface area contributed by atoms with Gasteiger partial charge in [-0.15, -0.1) is 0 Å². The van der Waals surface area contributed by atoms with Gasteiger partial charge in [-0.25, -0.2) is 0 Å². The molecule has 0 aromatic heterocycles. The van der Waals surface area contributed by atoms with Crippen LogP contribution in [0.5, 0.6) is 0 Å². The Morgan fingerprint density at radius 1 is 0.765 bits per heavy atom. The van der Waals surface area contributed by atoms with Crippen molar-refractivity contribution in [2.75, 3.05) is 0 Å². The maximum Gasteiger partial charge on any atom is 0.229 e. The quantitative estimate of drug-likeness (QED) is 0.509. The molecule has 0 N–H and O–H groups in total. The van der Waals surface area contributed by atoms with Crippen molar-refractivity contribution in [1.29, 1.82) is 0 Å². The predicted octanol–water partition coefficient (Wildman–Crippen LogP) is 2.18. The fourth-order valence-corrected chi connectivity index (χ4v) is 2.13. The first kappa shape index (κ1) is 9.90. The van der Waals surface area contributed by atoms with Crippen LogP contribution < -0.4 is 0 Å². The van der Waals surface area contributed by atoms with Gasteiger partial charge in [0.05, 0.1) is 6.42 Å². The number of Topliss-reactive ketones (excluding diaryl/α,β-unsaturated/α-hetero) is 3. The number of benzene rings is 2. The highest BCUT2D eigenvalue weighted by molar-refractivity contribution is 6.51. The lowest BCUT2D eigenvalue weighted by Gasteiger charge is -2.13. The highest BCUT2D eigenvalue weighted by atomic mass is 16.2. The monoisotopic (exact) mass is 224 g/mol. The van der Waals surface area contributed by atoms with Crippen LogP contribution in [0.4, 0.5) is 0 Å². The van der Waals surface area contributed by atoms with Crippen LogP contribution in [0.2, 0.25) is 0 Å². The van der Waals surface area contributed by atoms with Gasteiger partial charge in [-0.3, -0.25) is 14.4 Å². The Kier molecular flexibility index (Phi) is 1.95.